The summed E-state index contributed by atoms with van der Waals surface area (Å²) in [5.41, 5.74) is 6.52. The molecule has 1 aliphatic rings. The number of amidine groups is 1. The summed E-state index contributed by atoms with van der Waals surface area (Å²) < 4.78 is 6.13. The van der Waals surface area contributed by atoms with Crippen molar-refractivity contribution in [3.05, 3.63) is 28.8 Å². The molecule has 0 radical (unpaired) electrons. The molecule has 4 heteroatoms. The van der Waals surface area contributed by atoms with Crippen LogP contribution in [0, 0.1) is 16.7 Å². The first kappa shape index (κ1) is 15.2. The number of hydrogen-bond donors (Lipinski definition) is 2. The van der Waals surface area contributed by atoms with Crippen LogP contribution >= 0.6 is 11.6 Å². The van der Waals surface area contributed by atoms with Crippen molar-refractivity contribution in [2.75, 3.05) is 0 Å². The first-order chi connectivity index (χ1) is 9.27. The summed E-state index contributed by atoms with van der Waals surface area (Å²) in [7, 11) is 0. The maximum Gasteiger partial charge on any atom is 0.132 e. The lowest BCUT2D eigenvalue weighted by Gasteiger charge is -2.39. The van der Waals surface area contributed by atoms with Gasteiger partial charge < -0.3 is 10.5 Å². The van der Waals surface area contributed by atoms with Crippen LogP contribution in [-0.2, 0) is 0 Å². The lowest BCUT2D eigenvalue weighted by Crippen LogP contribution is -2.34. The highest BCUT2D eigenvalue weighted by Gasteiger charge is 2.33. The maximum atomic E-state index is 7.64. The number of rotatable bonds is 3. The third-order valence-corrected chi connectivity index (χ3v) is 4.11. The number of ether oxygens (including phenoxy) is 1. The highest BCUT2D eigenvalue weighted by Crippen LogP contribution is 2.40. The summed E-state index contributed by atoms with van der Waals surface area (Å²) >= 11 is 6.03. The van der Waals surface area contributed by atoms with Crippen molar-refractivity contribution in [2.45, 2.75) is 46.1 Å². The predicted octanol–water partition coefficient (Wildman–Crippen LogP) is 4.22. The second-order valence-electron chi connectivity index (χ2n) is 6.71. The Morgan fingerprint density at radius 2 is 2.10 bits per heavy atom. The smallest absolute Gasteiger partial charge is 0.132 e. The van der Waals surface area contributed by atoms with Gasteiger partial charge in [-0.2, -0.15) is 0 Å². The van der Waals surface area contributed by atoms with E-state index in [-0.39, 0.29) is 17.4 Å². The molecule has 3 N–H and O–H groups in total. The Morgan fingerprint density at radius 3 is 2.70 bits per heavy atom. The number of nitrogens with two attached hydrogens (primary N) is 1. The molecule has 1 aromatic carbocycles. The van der Waals surface area contributed by atoms with Gasteiger partial charge in [0.05, 0.1) is 11.7 Å². The molecule has 0 aromatic heterocycles. The van der Waals surface area contributed by atoms with Crippen LogP contribution in [0.1, 0.15) is 45.6 Å². The Bertz CT molecular complexity index is 513. The molecule has 1 aliphatic carbocycles. The van der Waals surface area contributed by atoms with Crippen molar-refractivity contribution in [2.24, 2.45) is 17.1 Å². The molecule has 0 amide bonds. The molecule has 2 atom stereocenters. The molecular formula is C16H23ClN2O. The summed E-state index contributed by atoms with van der Waals surface area (Å²) in [6.45, 7) is 6.83. The number of halogens is 1. The normalized spacial score (nSPS) is 25.2. The molecule has 20 heavy (non-hydrogen) atoms. The van der Waals surface area contributed by atoms with Crippen molar-refractivity contribution in [3.8, 4) is 5.75 Å². The van der Waals surface area contributed by atoms with Gasteiger partial charge in [-0.05, 0) is 48.8 Å². The van der Waals surface area contributed by atoms with Gasteiger partial charge in [-0.3, -0.25) is 5.41 Å². The fourth-order valence-corrected chi connectivity index (χ4v) is 3.51. The minimum absolute atomic E-state index is 0.0137. The third kappa shape index (κ3) is 3.66. The first-order valence-corrected chi connectivity index (χ1v) is 7.45. The average molecular weight is 295 g/mol. The Balaban J connectivity index is 2.21. The van der Waals surface area contributed by atoms with E-state index in [9.17, 15) is 0 Å². The molecule has 3 nitrogen and oxygen atoms in total. The molecule has 2 unspecified atom stereocenters. The molecule has 0 saturated heterocycles. The van der Waals surface area contributed by atoms with E-state index >= 15 is 0 Å². The van der Waals surface area contributed by atoms with Gasteiger partial charge in [0.2, 0.25) is 0 Å². The predicted molar refractivity (Wildman–Crippen MR) is 83.7 cm³/mol. The standard InChI is InChI=1S/C16H23ClN2O/c1-10-6-12(9-16(2,3)8-10)20-14-7-11(17)4-5-13(14)15(18)19/h4-5,7,10,12H,6,8-9H2,1-3H3,(H3,18,19). The van der Waals surface area contributed by atoms with Crippen molar-refractivity contribution in [1.29, 1.82) is 5.41 Å². The molecular weight excluding hydrogens is 272 g/mol. The average Bonchev–Trinajstić information content (AvgIpc) is 2.25. The van der Waals surface area contributed by atoms with Crippen molar-refractivity contribution >= 4 is 17.4 Å². The Hall–Kier alpha value is -1.22. The summed E-state index contributed by atoms with van der Waals surface area (Å²) in [6.07, 6.45) is 3.43. The molecule has 1 fully saturated rings. The van der Waals surface area contributed by atoms with E-state index in [0.29, 0.717) is 22.3 Å². The molecule has 2 rings (SSSR count). The highest BCUT2D eigenvalue weighted by molar-refractivity contribution is 6.30. The number of nitrogens with one attached hydrogen (secondary N) is 1. The van der Waals surface area contributed by atoms with Gasteiger partial charge in [-0.25, -0.2) is 0 Å². The first-order valence-electron chi connectivity index (χ1n) is 7.07. The zero-order valence-corrected chi connectivity index (χ0v) is 13.1. The Kier molecular flexibility index (Phi) is 4.28. The minimum Gasteiger partial charge on any atom is -0.490 e. The molecule has 0 aliphatic heterocycles. The zero-order chi connectivity index (χ0) is 14.9. The SMILES string of the molecule is CC1CC(Oc2cc(Cl)ccc2C(=N)N)CC(C)(C)C1. The lowest BCUT2D eigenvalue weighted by molar-refractivity contribution is 0.0561. The monoisotopic (exact) mass is 294 g/mol. The largest absolute Gasteiger partial charge is 0.490 e. The van der Waals surface area contributed by atoms with Crippen LogP contribution in [0.3, 0.4) is 0 Å². The van der Waals surface area contributed by atoms with Gasteiger partial charge in [-0.1, -0.05) is 32.4 Å². The maximum absolute atomic E-state index is 7.64. The van der Waals surface area contributed by atoms with Gasteiger partial charge in [0.25, 0.3) is 0 Å². The second-order valence-corrected chi connectivity index (χ2v) is 7.14. The van der Waals surface area contributed by atoms with E-state index in [2.05, 4.69) is 20.8 Å². The second kappa shape index (κ2) is 5.65. The molecule has 0 heterocycles. The van der Waals surface area contributed by atoms with Gasteiger partial charge >= 0.3 is 0 Å². The van der Waals surface area contributed by atoms with Gasteiger partial charge in [0, 0.05) is 5.02 Å². The lowest BCUT2D eigenvalue weighted by atomic mass is 9.71. The fraction of sp³-hybridized carbons (Fsp3) is 0.562. The van der Waals surface area contributed by atoms with Crippen molar-refractivity contribution in [1.82, 2.24) is 0 Å². The van der Waals surface area contributed by atoms with E-state index in [4.69, 9.17) is 27.5 Å². The molecule has 110 valence electrons. The van der Waals surface area contributed by atoms with Gasteiger partial charge in [-0.15, -0.1) is 0 Å². The van der Waals surface area contributed by atoms with E-state index in [1.165, 1.54) is 6.42 Å². The Morgan fingerprint density at radius 1 is 1.40 bits per heavy atom. The van der Waals surface area contributed by atoms with Crippen LogP contribution in [0.4, 0.5) is 0 Å². The quantitative estimate of drug-likeness (QED) is 0.648. The zero-order valence-electron chi connectivity index (χ0n) is 12.4. The third-order valence-electron chi connectivity index (χ3n) is 3.87. The molecule has 0 bridgehead atoms. The highest BCUT2D eigenvalue weighted by atomic mass is 35.5. The van der Waals surface area contributed by atoms with E-state index in [1.807, 2.05) is 0 Å². The molecule has 1 saturated carbocycles. The minimum atomic E-state index is 0.0137. The summed E-state index contributed by atoms with van der Waals surface area (Å²) in [5.74, 6) is 1.28. The van der Waals surface area contributed by atoms with Crippen LogP contribution < -0.4 is 10.5 Å². The Labute approximate surface area is 126 Å². The van der Waals surface area contributed by atoms with E-state index < -0.39 is 0 Å². The van der Waals surface area contributed by atoms with Gasteiger partial charge in [0.1, 0.15) is 11.6 Å². The van der Waals surface area contributed by atoms with Crippen LogP contribution in [-0.4, -0.2) is 11.9 Å². The fourth-order valence-electron chi connectivity index (χ4n) is 3.34. The molecule has 0 spiro atoms. The van der Waals surface area contributed by atoms with Crippen LogP contribution in [0.15, 0.2) is 18.2 Å². The van der Waals surface area contributed by atoms with E-state index in [1.54, 1.807) is 18.2 Å². The number of nitrogen functional groups attached to an aromatic ring is 1. The van der Waals surface area contributed by atoms with Crippen LogP contribution in [0.5, 0.6) is 5.75 Å². The summed E-state index contributed by atoms with van der Waals surface area (Å²) in [4.78, 5) is 0. The number of benzene rings is 1. The van der Waals surface area contributed by atoms with Gasteiger partial charge in [0.15, 0.2) is 0 Å². The summed E-state index contributed by atoms with van der Waals surface area (Å²) in [6, 6.07) is 5.24. The van der Waals surface area contributed by atoms with Crippen molar-refractivity contribution < 1.29 is 4.74 Å². The topological polar surface area (TPSA) is 59.1 Å². The summed E-state index contributed by atoms with van der Waals surface area (Å²) in [5, 5.41) is 8.24. The van der Waals surface area contributed by atoms with Crippen LogP contribution in [0.25, 0.3) is 0 Å². The number of hydrogen-bond acceptors (Lipinski definition) is 2. The van der Waals surface area contributed by atoms with E-state index in [0.717, 1.165) is 12.8 Å². The van der Waals surface area contributed by atoms with Crippen molar-refractivity contribution in [3.63, 3.8) is 0 Å². The molecule has 1 aromatic rings. The van der Waals surface area contributed by atoms with Crippen LogP contribution in [0.2, 0.25) is 5.02 Å².